The van der Waals surface area contributed by atoms with Crippen molar-refractivity contribution in [2.75, 3.05) is 26.2 Å². The molecule has 1 atom stereocenters. The number of aromatic nitrogens is 1. The van der Waals surface area contributed by atoms with Crippen molar-refractivity contribution in [2.45, 2.75) is 32.1 Å². The van der Waals surface area contributed by atoms with Crippen LogP contribution >= 0.6 is 0 Å². The van der Waals surface area contributed by atoms with Crippen molar-refractivity contribution in [1.82, 2.24) is 14.8 Å². The van der Waals surface area contributed by atoms with Crippen LogP contribution in [0.15, 0.2) is 24.4 Å². The van der Waals surface area contributed by atoms with Crippen molar-refractivity contribution >= 4 is 11.8 Å². The SMILES string of the molecule is CCN1CCC2(CN(C(=O)Cc3ccccn3)CC(F)(F)C2)C1=O. The van der Waals surface area contributed by atoms with E-state index in [9.17, 15) is 18.4 Å². The van der Waals surface area contributed by atoms with Gasteiger partial charge in [0.25, 0.3) is 5.92 Å². The Labute approximate surface area is 139 Å². The van der Waals surface area contributed by atoms with E-state index in [1.165, 1.54) is 0 Å². The molecule has 7 heteroatoms. The number of alkyl halides is 2. The summed E-state index contributed by atoms with van der Waals surface area (Å²) in [7, 11) is 0. The predicted molar refractivity (Wildman–Crippen MR) is 83.4 cm³/mol. The third-order valence-corrected chi connectivity index (χ3v) is 4.91. The van der Waals surface area contributed by atoms with Crippen molar-refractivity contribution in [3.63, 3.8) is 0 Å². The number of hydrogen-bond donors (Lipinski definition) is 0. The maximum atomic E-state index is 14.3. The Morgan fingerprint density at radius 2 is 2.12 bits per heavy atom. The van der Waals surface area contributed by atoms with E-state index in [4.69, 9.17) is 0 Å². The van der Waals surface area contributed by atoms with Gasteiger partial charge in [-0.1, -0.05) is 6.07 Å². The van der Waals surface area contributed by atoms with Crippen molar-refractivity contribution in [1.29, 1.82) is 0 Å². The van der Waals surface area contributed by atoms with Crippen molar-refractivity contribution in [3.8, 4) is 0 Å². The Morgan fingerprint density at radius 1 is 1.33 bits per heavy atom. The van der Waals surface area contributed by atoms with Gasteiger partial charge in [0.1, 0.15) is 0 Å². The highest BCUT2D eigenvalue weighted by Gasteiger charge is 2.57. The van der Waals surface area contributed by atoms with Crippen LogP contribution < -0.4 is 0 Å². The van der Waals surface area contributed by atoms with Gasteiger partial charge >= 0.3 is 0 Å². The fourth-order valence-corrected chi connectivity index (χ4v) is 3.76. The minimum atomic E-state index is -3.04. The molecule has 3 heterocycles. The summed E-state index contributed by atoms with van der Waals surface area (Å²) in [5.41, 5.74) is -0.601. The summed E-state index contributed by atoms with van der Waals surface area (Å²) in [4.78, 5) is 31.9. The van der Waals surface area contributed by atoms with Crippen molar-refractivity contribution in [3.05, 3.63) is 30.1 Å². The average molecular weight is 337 g/mol. The standard InChI is InChI=1S/C17H21F2N3O2/c1-2-21-8-6-16(15(21)24)10-17(18,19)12-22(11-16)14(23)9-13-5-3-4-7-20-13/h3-5,7H,2,6,8-12H2,1H3. The lowest BCUT2D eigenvalue weighted by Crippen LogP contribution is -2.57. The van der Waals surface area contributed by atoms with Gasteiger partial charge in [0.2, 0.25) is 11.8 Å². The summed E-state index contributed by atoms with van der Waals surface area (Å²) in [5, 5.41) is 0. The third kappa shape index (κ3) is 3.12. The second kappa shape index (κ2) is 6.11. The largest absolute Gasteiger partial charge is 0.342 e. The van der Waals surface area contributed by atoms with Gasteiger partial charge in [0.05, 0.1) is 18.4 Å². The lowest BCUT2D eigenvalue weighted by atomic mass is 9.77. The Balaban J connectivity index is 1.79. The molecule has 2 amide bonds. The summed E-state index contributed by atoms with van der Waals surface area (Å²) < 4.78 is 28.5. The lowest BCUT2D eigenvalue weighted by Gasteiger charge is -2.42. The second-order valence-corrected chi connectivity index (χ2v) is 6.70. The van der Waals surface area contributed by atoms with E-state index in [1.54, 1.807) is 29.3 Å². The van der Waals surface area contributed by atoms with E-state index in [2.05, 4.69) is 4.98 Å². The minimum absolute atomic E-state index is 0.0291. The number of hydrogen-bond acceptors (Lipinski definition) is 3. The molecule has 0 saturated carbocycles. The molecule has 3 rings (SSSR count). The number of likely N-dealkylation sites (tertiary alicyclic amines) is 2. The first-order valence-corrected chi connectivity index (χ1v) is 8.20. The zero-order valence-corrected chi connectivity index (χ0v) is 13.7. The molecule has 2 aliphatic heterocycles. The molecule has 2 fully saturated rings. The van der Waals surface area contributed by atoms with Crippen LogP contribution in [0.1, 0.15) is 25.5 Å². The maximum Gasteiger partial charge on any atom is 0.266 e. The first kappa shape index (κ1) is 16.8. The Hall–Kier alpha value is -2.05. The first-order valence-electron chi connectivity index (χ1n) is 8.20. The first-order chi connectivity index (χ1) is 11.4. The van der Waals surface area contributed by atoms with E-state index in [-0.39, 0.29) is 18.9 Å². The monoisotopic (exact) mass is 337 g/mol. The molecule has 0 radical (unpaired) electrons. The van der Waals surface area contributed by atoms with Crippen LogP contribution in [0.5, 0.6) is 0 Å². The summed E-state index contributed by atoms with van der Waals surface area (Å²) in [6.45, 7) is 2.27. The Morgan fingerprint density at radius 3 is 2.75 bits per heavy atom. The smallest absolute Gasteiger partial charge is 0.266 e. The highest BCUT2D eigenvalue weighted by atomic mass is 19.3. The van der Waals surface area contributed by atoms with Gasteiger partial charge in [-0.2, -0.15) is 0 Å². The molecule has 1 aromatic rings. The van der Waals surface area contributed by atoms with Crippen LogP contribution in [-0.2, 0) is 16.0 Å². The summed E-state index contributed by atoms with van der Waals surface area (Å²) in [6.07, 6.45) is 1.44. The fourth-order valence-electron chi connectivity index (χ4n) is 3.76. The normalized spacial score (nSPS) is 26.2. The quantitative estimate of drug-likeness (QED) is 0.844. The molecule has 1 aromatic heterocycles. The van der Waals surface area contributed by atoms with E-state index in [1.807, 2.05) is 6.92 Å². The molecule has 0 bridgehead atoms. The zero-order chi connectivity index (χ0) is 17.4. The minimum Gasteiger partial charge on any atom is -0.342 e. The molecule has 0 aromatic carbocycles. The maximum absolute atomic E-state index is 14.3. The van der Waals surface area contributed by atoms with Gasteiger partial charge in [-0.3, -0.25) is 14.6 Å². The van der Waals surface area contributed by atoms with E-state index < -0.39 is 30.2 Å². The van der Waals surface area contributed by atoms with Gasteiger partial charge < -0.3 is 9.80 Å². The molecule has 1 spiro atoms. The third-order valence-electron chi connectivity index (χ3n) is 4.91. The predicted octanol–water partition coefficient (Wildman–Crippen LogP) is 1.73. The summed E-state index contributed by atoms with van der Waals surface area (Å²) in [6, 6.07) is 5.17. The molecular weight excluding hydrogens is 316 g/mol. The molecule has 1 unspecified atom stereocenters. The summed E-state index contributed by atoms with van der Waals surface area (Å²) >= 11 is 0. The Kier molecular flexibility index (Phi) is 4.27. The zero-order valence-electron chi connectivity index (χ0n) is 13.7. The van der Waals surface area contributed by atoms with Gasteiger partial charge in [-0.05, 0) is 25.5 Å². The highest BCUT2D eigenvalue weighted by molar-refractivity contribution is 5.87. The van der Waals surface area contributed by atoms with Crippen LogP contribution in [0.3, 0.4) is 0 Å². The second-order valence-electron chi connectivity index (χ2n) is 6.70. The number of carbonyl (C=O) groups excluding carboxylic acids is 2. The number of halogens is 2. The molecule has 130 valence electrons. The van der Waals surface area contributed by atoms with Gasteiger partial charge in [0, 0.05) is 37.9 Å². The number of rotatable bonds is 3. The van der Waals surface area contributed by atoms with Crippen LogP contribution in [0.2, 0.25) is 0 Å². The average Bonchev–Trinajstić information content (AvgIpc) is 2.82. The molecule has 2 aliphatic rings. The van der Waals surface area contributed by atoms with E-state index in [0.717, 1.165) is 4.90 Å². The molecular formula is C17H21F2N3O2. The number of piperidine rings is 1. The van der Waals surface area contributed by atoms with E-state index >= 15 is 0 Å². The molecule has 24 heavy (non-hydrogen) atoms. The van der Waals surface area contributed by atoms with Crippen molar-refractivity contribution < 1.29 is 18.4 Å². The number of pyridine rings is 1. The van der Waals surface area contributed by atoms with Crippen LogP contribution in [0.4, 0.5) is 8.78 Å². The molecule has 2 saturated heterocycles. The highest BCUT2D eigenvalue weighted by Crippen LogP contribution is 2.45. The number of amides is 2. The van der Waals surface area contributed by atoms with Gasteiger partial charge in [0.15, 0.2) is 0 Å². The van der Waals surface area contributed by atoms with Gasteiger partial charge in [-0.15, -0.1) is 0 Å². The molecule has 0 N–H and O–H groups in total. The van der Waals surface area contributed by atoms with Crippen LogP contribution in [0.25, 0.3) is 0 Å². The number of carbonyl (C=O) groups is 2. The van der Waals surface area contributed by atoms with E-state index in [0.29, 0.717) is 25.2 Å². The lowest BCUT2D eigenvalue weighted by molar-refractivity contribution is -0.162. The van der Waals surface area contributed by atoms with Gasteiger partial charge in [-0.25, -0.2) is 8.78 Å². The van der Waals surface area contributed by atoms with Crippen LogP contribution in [-0.4, -0.2) is 58.7 Å². The fraction of sp³-hybridized carbons (Fsp3) is 0.588. The Bertz CT molecular complexity index is 638. The van der Waals surface area contributed by atoms with Crippen LogP contribution in [0, 0.1) is 5.41 Å². The summed E-state index contributed by atoms with van der Waals surface area (Å²) in [5.74, 6) is -3.70. The van der Waals surface area contributed by atoms with Crippen molar-refractivity contribution in [2.24, 2.45) is 5.41 Å². The number of nitrogens with zero attached hydrogens (tertiary/aromatic N) is 3. The molecule has 5 nitrogen and oxygen atoms in total. The topological polar surface area (TPSA) is 53.5 Å². The molecule has 0 aliphatic carbocycles.